The van der Waals surface area contributed by atoms with Gasteiger partial charge >= 0.3 is 5.97 Å². The van der Waals surface area contributed by atoms with Crippen molar-refractivity contribution in [3.05, 3.63) is 35.4 Å². The zero-order valence-corrected chi connectivity index (χ0v) is 12.5. The molecule has 128 valence electrons. The van der Waals surface area contributed by atoms with E-state index in [4.69, 9.17) is 19.3 Å². The minimum Gasteiger partial charge on any atom is -0.479 e. The van der Waals surface area contributed by atoms with Crippen LogP contribution in [0.2, 0.25) is 0 Å². The molecule has 0 amide bonds. The number of benzene rings is 1. The highest BCUT2D eigenvalue weighted by atomic mass is 16.7. The number of ether oxygens (including phenoxy) is 3. The summed E-state index contributed by atoms with van der Waals surface area (Å²) in [6.45, 7) is 0.528. The summed E-state index contributed by atoms with van der Waals surface area (Å²) in [5.41, 5.74) is 1.75. The molecule has 5 unspecified atom stereocenters. The third-order valence-electron chi connectivity index (χ3n) is 3.56. The lowest BCUT2D eigenvalue weighted by molar-refractivity contribution is -0.297. The highest BCUT2D eigenvalue weighted by Gasteiger charge is 2.47. The number of methoxy groups -OCH3 is 1. The maximum absolute atomic E-state index is 11.0. The molecule has 8 nitrogen and oxygen atoms in total. The minimum atomic E-state index is -1.73. The van der Waals surface area contributed by atoms with Crippen molar-refractivity contribution in [3.8, 4) is 0 Å². The van der Waals surface area contributed by atoms with Crippen LogP contribution in [-0.4, -0.2) is 64.2 Å². The van der Waals surface area contributed by atoms with E-state index in [1.165, 1.54) is 0 Å². The van der Waals surface area contributed by atoms with Crippen molar-refractivity contribution in [2.45, 2.75) is 43.9 Å². The maximum Gasteiger partial charge on any atom is 0.335 e. The van der Waals surface area contributed by atoms with Crippen molar-refractivity contribution in [1.82, 2.24) is 0 Å². The van der Waals surface area contributed by atoms with Crippen LogP contribution in [0.4, 0.5) is 0 Å². The van der Waals surface area contributed by atoms with Crippen molar-refractivity contribution in [2.24, 2.45) is 0 Å². The summed E-state index contributed by atoms with van der Waals surface area (Å²) >= 11 is 0. The first-order valence-electron chi connectivity index (χ1n) is 7.05. The Hall–Kier alpha value is -1.55. The molecular weight excluding hydrogens is 308 g/mol. The van der Waals surface area contributed by atoms with Crippen LogP contribution in [0, 0.1) is 0 Å². The Morgan fingerprint density at radius 2 is 1.61 bits per heavy atom. The molecule has 0 bridgehead atoms. The fourth-order valence-electron chi connectivity index (χ4n) is 2.27. The Kier molecular flexibility index (Phi) is 6.05. The minimum absolute atomic E-state index is 0.0458. The van der Waals surface area contributed by atoms with Crippen LogP contribution in [0.15, 0.2) is 24.3 Å². The van der Waals surface area contributed by atoms with Gasteiger partial charge in [0.1, 0.15) is 18.3 Å². The predicted molar refractivity (Wildman–Crippen MR) is 76.3 cm³/mol. The van der Waals surface area contributed by atoms with E-state index in [1.807, 2.05) is 12.1 Å². The number of carboxylic acids is 1. The molecule has 1 aliphatic heterocycles. The molecule has 0 aliphatic carbocycles. The first-order chi connectivity index (χ1) is 10.9. The van der Waals surface area contributed by atoms with E-state index in [0.29, 0.717) is 6.61 Å². The van der Waals surface area contributed by atoms with E-state index in [-0.39, 0.29) is 6.61 Å². The Labute approximate surface area is 132 Å². The van der Waals surface area contributed by atoms with Crippen LogP contribution in [0.1, 0.15) is 11.1 Å². The molecule has 0 aromatic heterocycles. The second-order valence-electron chi connectivity index (χ2n) is 5.30. The smallest absolute Gasteiger partial charge is 0.335 e. The number of rotatable bonds is 6. The zero-order chi connectivity index (χ0) is 17.0. The molecule has 2 rings (SSSR count). The summed E-state index contributed by atoms with van der Waals surface area (Å²) in [7, 11) is 1.59. The van der Waals surface area contributed by atoms with Crippen molar-refractivity contribution in [2.75, 3.05) is 7.11 Å². The van der Waals surface area contributed by atoms with E-state index in [0.717, 1.165) is 11.1 Å². The first-order valence-corrected chi connectivity index (χ1v) is 7.05. The van der Waals surface area contributed by atoms with Gasteiger partial charge in [0.15, 0.2) is 12.4 Å². The standard InChI is InChI=1S/C15H20O8/c1-21-6-8-2-4-9(5-3-8)7-22-15-12(18)10(16)11(17)13(23-15)14(19)20/h2-5,10-13,15-18H,6-7H2,1H3,(H,19,20). The largest absolute Gasteiger partial charge is 0.479 e. The molecule has 1 aliphatic rings. The normalized spacial score (nSPS) is 31.0. The van der Waals surface area contributed by atoms with Gasteiger partial charge in [0.25, 0.3) is 0 Å². The average Bonchev–Trinajstić information content (AvgIpc) is 2.53. The van der Waals surface area contributed by atoms with Crippen LogP contribution in [0.5, 0.6) is 0 Å². The molecule has 1 fully saturated rings. The average molecular weight is 328 g/mol. The molecule has 4 N–H and O–H groups in total. The second kappa shape index (κ2) is 7.82. The van der Waals surface area contributed by atoms with Crippen molar-refractivity contribution in [1.29, 1.82) is 0 Å². The lowest BCUT2D eigenvalue weighted by Crippen LogP contribution is -2.60. The number of aliphatic carboxylic acids is 1. The molecule has 1 aromatic rings. The second-order valence-corrected chi connectivity index (χ2v) is 5.30. The molecule has 0 radical (unpaired) electrons. The van der Waals surface area contributed by atoms with Crippen LogP contribution < -0.4 is 0 Å². The molecule has 8 heteroatoms. The summed E-state index contributed by atoms with van der Waals surface area (Å²) in [6, 6.07) is 7.28. The van der Waals surface area contributed by atoms with Crippen molar-refractivity contribution in [3.63, 3.8) is 0 Å². The van der Waals surface area contributed by atoms with E-state index in [2.05, 4.69) is 0 Å². The molecule has 23 heavy (non-hydrogen) atoms. The van der Waals surface area contributed by atoms with Crippen LogP contribution in [-0.2, 0) is 32.2 Å². The van der Waals surface area contributed by atoms with Gasteiger partial charge in [0.05, 0.1) is 13.2 Å². The fraction of sp³-hybridized carbons (Fsp3) is 0.533. The quantitative estimate of drug-likeness (QED) is 0.537. The van der Waals surface area contributed by atoms with Crippen LogP contribution in [0.25, 0.3) is 0 Å². The third-order valence-corrected chi connectivity index (χ3v) is 3.56. The lowest BCUT2D eigenvalue weighted by Gasteiger charge is -2.38. The highest BCUT2D eigenvalue weighted by molar-refractivity contribution is 5.73. The summed E-state index contributed by atoms with van der Waals surface area (Å²) < 4.78 is 15.4. The third kappa shape index (κ3) is 4.25. The van der Waals surface area contributed by atoms with Crippen molar-refractivity contribution < 1.29 is 39.4 Å². The molecule has 0 spiro atoms. The SMILES string of the molecule is COCc1ccc(COC2OC(C(=O)O)C(O)C(O)C2O)cc1. The molecule has 1 heterocycles. The van der Waals surface area contributed by atoms with Gasteiger partial charge in [-0.1, -0.05) is 24.3 Å². The van der Waals surface area contributed by atoms with Gasteiger partial charge < -0.3 is 34.6 Å². The Morgan fingerprint density at radius 1 is 1.04 bits per heavy atom. The number of hydrogen-bond acceptors (Lipinski definition) is 7. The summed E-state index contributed by atoms with van der Waals surface area (Å²) in [4.78, 5) is 11.0. The summed E-state index contributed by atoms with van der Waals surface area (Å²) in [5.74, 6) is -1.44. The lowest BCUT2D eigenvalue weighted by atomic mass is 9.99. The fourth-order valence-corrected chi connectivity index (χ4v) is 2.27. The van der Waals surface area contributed by atoms with Gasteiger partial charge in [-0.2, -0.15) is 0 Å². The highest BCUT2D eigenvalue weighted by Crippen LogP contribution is 2.23. The molecule has 0 saturated carbocycles. The van der Waals surface area contributed by atoms with Gasteiger partial charge in [0.2, 0.25) is 0 Å². The summed E-state index contributed by atoms with van der Waals surface area (Å²) in [6.07, 6.45) is -7.96. The van der Waals surface area contributed by atoms with Crippen LogP contribution in [0.3, 0.4) is 0 Å². The molecular formula is C15H20O8. The Morgan fingerprint density at radius 3 is 2.13 bits per heavy atom. The van der Waals surface area contributed by atoms with Crippen LogP contribution >= 0.6 is 0 Å². The van der Waals surface area contributed by atoms with E-state index < -0.39 is 36.7 Å². The number of aliphatic hydroxyl groups excluding tert-OH is 3. The van der Waals surface area contributed by atoms with Gasteiger partial charge in [-0.25, -0.2) is 4.79 Å². The molecule has 5 atom stereocenters. The van der Waals surface area contributed by atoms with Crippen molar-refractivity contribution >= 4 is 5.97 Å². The van der Waals surface area contributed by atoms with E-state index >= 15 is 0 Å². The number of carbonyl (C=O) groups is 1. The topological polar surface area (TPSA) is 126 Å². The van der Waals surface area contributed by atoms with E-state index in [9.17, 15) is 20.1 Å². The Balaban J connectivity index is 1.97. The Bertz CT molecular complexity index is 517. The zero-order valence-electron chi connectivity index (χ0n) is 12.5. The number of aliphatic hydroxyl groups is 3. The predicted octanol–water partition coefficient (Wildman–Crippen LogP) is -0.758. The van der Waals surface area contributed by atoms with E-state index in [1.54, 1.807) is 19.2 Å². The molecule has 1 aromatic carbocycles. The monoisotopic (exact) mass is 328 g/mol. The van der Waals surface area contributed by atoms with Gasteiger partial charge in [-0.15, -0.1) is 0 Å². The first kappa shape index (κ1) is 17.8. The maximum atomic E-state index is 11.0. The summed E-state index contributed by atoms with van der Waals surface area (Å²) in [5, 5.41) is 38.1. The van der Waals surface area contributed by atoms with Gasteiger partial charge in [0, 0.05) is 7.11 Å². The number of carboxylic acid groups (broad SMARTS) is 1. The molecule has 1 saturated heterocycles. The van der Waals surface area contributed by atoms with Gasteiger partial charge in [-0.3, -0.25) is 0 Å². The number of hydrogen-bond donors (Lipinski definition) is 4. The van der Waals surface area contributed by atoms with Gasteiger partial charge in [-0.05, 0) is 11.1 Å².